The average molecular weight is 369 g/mol. The summed E-state index contributed by atoms with van der Waals surface area (Å²) in [5.74, 6) is 1.46. The van der Waals surface area contributed by atoms with E-state index in [4.69, 9.17) is 4.98 Å². The summed E-state index contributed by atoms with van der Waals surface area (Å²) >= 11 is 0. The lowest BCUT2D eigenvalue weighted by Crippen LogP contribution is -2.14. The number of aryl methyl sites for hydroxylation is 1. The summed E-state index contributed by atoms with van der Waals surface area (Å²) in [6, 6.07) is 18.3. The molecule has 138 valence electrons. The van der Waals surface area contributed by atoms with Crippen LogP contribution in [0, 0.1) is 0 Å². The lowest BCUT2D eigenvalue weighted by atomic mass is 10.2. The van der Waals surface area contributed by atoms with Crippen LogP contribution in [0.15, 0.2) is 67.0 Å². The van der Waals surface area contributed by atoms with Crippen molar-refractivity contribution in [3.8, 4) is 5.69 Å². The predicted molar refractivity (Wildman–Crippen MR) is 109 cm³/mol. The van der Waals surface area contributed by atoms with Gasteiger partial charge in [0, 0.05) is 12.7 Å². The molecule has 1 N–H and O–H groups in total. The SMILES string of the molecule is C[C@H](Nc1ncc2c(cnn2C)n1)c1nc2ccccc2n1-c1ccccc1. The fourth-order valence-electron chi connectivity index (χ4n) is 3.45. The molecule has 2 aromatic carbocycles. The molecule has 0 aliphatic rings. The molecule has 0 aliphatic heterocycles. The maximum atomic E-state index is 4.88. The van der Waals surface area contributed by atoms with E-state index in [-0.39, 0.29) is 6.04 Å². The van der Waals surface area contributed by atoms with Crippen molar-refractivity contribution in [2.75, 3.05) is 5.32 Å². The number of aromatic nitrogens is 6. The van der Waals surface area contributed by atoms with Gasteiger partial charge in [0.25, 0.3) is 0 Å². The Morgan fingerprint density at radius 2 is 1.64 bits per heavy atom. The van der Waals surface area contributed by atoms with E-state index in [0.29, 0.717) is 5.95 Å². The highest BCUT2D eigenvalue weighted by molar-refractivity contribution is 5.78. The standard InChI is InChI=1S/C21H19N7/c1-14(24-21-22-13-19-17(26-21)12-23-27(19)2)20-25-16-10-6-7-11-18(16)28(20)15-8-4-3-5-9-15/h3-14H,1-2H3,(H,22,24,26)/t14-/m0/s1. The molecule has 3 aromatic heterocycles. The summed E-state index contributed by atoms with van der Waals surface area (Å²) in [6.07, 6.45) is 3.52. The van der Waals surface area contributed by atoms with E-state index < -0.39 is 0 Å². The monoisotopic (exact) mass is 369 g/mol. The highest BCUT2D eigenvalue weighted by Gasteiger charge is 2.18. The van der Waals surface area contributed by atoms with Gasteiger partial charge in [-0.2, -0.15) is 5.10 Å². The Hall–Kier alpha value is -3.74. The van der Waals surface area contributed by atoms with Gasteiger partial charge in [0.1, 0.15) is 16.9 Å². The largest absolute Gasteiger partial charge is 0.345 e. The minimum Gasteiger partial charge on any atom is -0.345 e. The highest BCUT2D eigenvalue weighted by Crippen LogP contribution is 2.26. The maximum absolute atomic E-state index is 4.88. The summed E-state index contributed by atoms with van der Waals surface area (Å²) in [5, 5.41) is 7.61. The molecular formula is C21H19N7. The number of fused-ring (bicyclic) bond motifs is 2. The average Bonchev–Trinajstić information content (AvgIpc) is 3.29. The molecule has 0 fully saturated rings. The number of benzene rings is 2. The fourth-order valence-corrected chi connectivity index (χ4v) is 3.45. The summed E-state index contributed by atoms with van der Waals surface area (Å²) in [6.45, 7) is 2.07. The second kappa shape index (κ2) is 6.45. The zero-order chi connectivity index (χ0) is 19.1. The third-order valence-corrected chi connectivity index (χ3v) is 4.83. The molecule has 0 amide bonds. The fraction of sp³-hybridized carbons (Fsp3) is 0.143. The van der Waals surface area contributed by atoms with Crippen LogP contribution in [-0.4, -0.2) is 29.3 Å². The van der Waals surface area contributed by atoms with Crippen LogP contribution in [0.2, 0.25) is 0 Å². The van der Waals surface area contributed by atoms with E-state index in [1.165, 1.54) is 0 Å². The highest BCUT2D eigenvalue weighted by atomic mass is 15.3. The van der Waals surface area contributed by atoms with Crippen molar-refractivity contribution in [2.24, 2.45) is 7.05 Å². The van der Waals surface area contributed by atoms with Gasteiger partial charge in [-0.3, -0.25) is 9.25 Å². The predicted octanol–water partition coefficient (Wildman–Crippen LogP) is 3.88. The Bertz CT molecular complexity index is 1270. The van der Waals surface area contributed by atoms with Crippen molar-refractivity contribution in [2.45, 2.75) is 13.0 Å². The van der Waals surface area contributed by atoms with Crippen molar-refractivity contribution >= 4 is 28.0 Å². The minimum absolute atomic E-state index is 0.0956. The first kappa shape index (κ1) is 16.4. The Labute approximate surface area is 161 Å². The molecular weight excluding hydrogens is 350 g/mol. The molecule has 1 atom stereocenters. The lowest BCUT2D eigenvalue weighted by Gasteiger charge is -2.16. The van der Waals surface area contributed by atoms with Crippen LogP contribution in [0.25, 0.3) is 27.8 Å². The molecule has 3 heterocycles. The first-order valence-electron chi connectivity index (χ1n) is 9.15. The van der Waals surface area contributed by atoms with E-state index in [1.54, 1.807) is 17.1 Å². The molecule has 28 heavy (non-hydrogen) atoms. The topological polar surface area (TPSA) is 73.5 Å². The normalized spacial score (nSPS) is 12.5. The molecule has 0 unspecified atom stereocenters. The Kier molecular flexibility index (Phi) is 3.79. The Morgan fingerprint density at radius 3 is 2.50 bits per heavy atom. The Morgan fingerprint density at radius 1 is 0.857 bits per heavy atom. The van der Waals surface area contributed by atoms with Crippen LogP contribution in [0.1, 0.15) is 18.8 Å². The first-order chi connectivity index (χ1) is 13.7. The third-order valence-electron chi connectivity index (χ3n) is 4.83. The summed E-state index contributed by atoms with van der Waals surface area (Å²) in [5.41, 5.74) is 4.81. The van der Waals surface area contributed by atoms with Crippen LogP contribution in [0.3, 0.4) is 0 Å². The van der Waals surface area contributed by atoms with Crippen LogP contribution in [0.5, 0.6) is 0 Å². The lowest BCUT2D eigenvalue weighted by molar-refractivity contribution is 0.763. The molecule has 0 saturated carbocycles. The van der Waals surface area contributed by atoms with Crippen LogP contribution in [-0.2, 0) is 7.05 Å². The molecule has 0 aliphatic carbocycles. The molecule has 0 radical (unpaired) electrons. The minimum atomic E-state index is -0.0956. The quantitative estimate of drug-likeness (QED) is 0.520. The van der Waals surface area contributed by atoms with Crippen LogP contribution >= 0.6 is 0 Å². The summed E-state index contributed by atoms with van der Waals surface area (Å²) in [4.78, 5) is 13.9. The Balaban J connectivity index is 1.57. The van der Waals surface area contributed by atoms with Gasteiger partial charge in [-0.15, -0.1) is 0 Å². The number of hydrogen-bond donors (Lipinski definition) is 1. The second-order valence-electron chi connectivity index (χ2n) is 6.73. The van der Waals surface area contributed by atoms with E-state index >= 15 is 0 Å². The number of rotatable bonds is 4. The number of anilines is 1. The smallest absolute Gasteiger partial charge is 0.223 e. The van der Waals surface area contributed by atoms with Crippen molar-refractivity contribution in [1.29, 1.82) is 0 Å². The van der Waals surface area contributed by atoms with E-state index in [0.717, 1.165) is 33.6 Å². The number of para-hydroxylation sites is 3. The van der Waals surface area contributed by atoms with E-state index in [9.17, 15) is 0 Å². The molecule has 5 rings (SSSR count). The van der Waals surface area contributed by atoms with Gasteiger partial charge in [0.2, 0.25) is 5.95 Å². The van der Waals surface area contributed by atoms with Gasteiger partial charge in [-0.25, -0.2) is 15.0 Å². The van der Waals surface area contributed by atoms with Crippen molar-refractivity contribution < 1.29 is 0 Å². The number of nitrogens with one attached hydrogen (secondary N) is 1. The number of imidazole rings is 1. The molecule has 0 bridgehead atoms. The molecule has 0 spiro atoms. The van der Waals surface area contributed by atoms with Gasteiger partial charge in [-0.05, 0) is 31.2 Å². The van der Waals surface area contributed by atoms with Gasteiger partial charge in [0.05, 0.1) is 29.5 Å². The maximum Gasteiger partial charge on any atom is 0.223 e. The van der Waals surface area contributed by atoms with Gasteiger partial charge in [-0.1, -0.05) is 30.3 Å². The molecule has 5 aromatic rings. The van der Waals surface area contributed by atoms with Crippen LogP contribution in [0.4, 0.5) is 5.95 Å². The van der Waals surface area contributed by atoms with E-state index in [2.05, 4.69) is 50.1 Å². The molecule has 0 saturated heterocycles. The number of hydrogen-bond acceptors (Lipinski definition) is 5. The molecule has 7 heteroatoms. The van der Waals surface area contributed by atoms with Crippen molar-refractivity contribution in [3.05, 3.63) is 72.8 Å². The zero-order valence-electron chi connectivity index (χ0n) is 15.6. The number of nitrogens with zero attached hydrogens (tertiary/aromatic N) is 6. The van der Waals surface area contributed by atoms with Crippen molar-refractivity contribution in [1.82, 2.24) is 29.3 Å². The third kappa shape index (κ3) is 2.68. The molecule has 7 nitrogen and oxygen atoms in total. The second-order valence-corrected chi connectivity index (χ2v) is 6.73. The van der Waals surface area contributed by atoms with Crippen LogP contribution < -0.4 is 5.32 Å². The summed E-state index contributed by atoms with van der Waals surface area (Å²) < 4.78 is 3.94. The van der Waals surface area contributed by atoms with Crippen molar-refractivity contribution in [3.63, 3.8) is 0 Å². The zero-order valence-corrected chi connectivity index (χ0v) is 15.6. The summed E-state index contributed by atoms with van der Waals surface area (Å²) in [7, 11) is 1.88. The van der Waals surface area contributed by atoms with E-state index in [1.807, 2.05) is 43.4 Å². The van der Waals surface area contributed by atoms with Gasteiger partial charge < -0.3 is 5.32 Å². The first-order valence-corrected chi connectivity index (χ1v) is 9.15. The van der Waals surface area contributed by atoms with Gasteiger partial charge >= 0.3 is 0 Å². The van der Waals surface area contributed by atoms with Gasteiger partial charge in [0.15, 0.2) is 0 Å².